The van der Waals surface area contributed by atoms with Gasteiger partial charge in [0.15, 0.2) is 0 Å². The lowest BCUT2D eigenvalue weighted by molar-refractivity contribution is -0.124. The van der Waals surface area contributed by atoms with Crippen LogP contribution in [0.1, 0.15) is 26.7 Å². The Morgan fingerprint density at radius 1 is 0.583 bits per heavy atom. The van der Waals surface area contributed by atoms with Crippen molar-refractivity contribution < 1.29 is 19.2 Å². The molecule has 0 N–H and O–H groups in total. The third kappa shape index (κ3) is 4.58. The number of hydrogen-bond donors (Lipinski definition) is 0. The maximum absolute atomic E-state index is 13.2. The standard InChI is InChI=1S/C26H36N6O4/c1-3-27-9-13-29(14-10-27)21-17-23(33)31(25(21)35)19-5-7-20(8-6-19)32-24(34)18-22(26(32)36)30-15-11-28(4-2)12-16-30/h5-8,21-22H,3-4,9-18H2,1-2H3/t21-,22-/m0/s1. The molecule has 10 nitrogen and oxygen atoms in total. The van der Waals surface area contributed by atoms with Crippen molar-refractivity contribution in [3.05, 3.63) is 24.3 Å². The molecule has 4 heterocycles. The van der Waals surface area contributed by atoms with Crippen molar-refractivity contribution in [2.75, 3.05) is 75.2 Å². The Morgan fingerprint density at radius 2 is 0.917 bits per heavy atom. The van der Waals surface area contributed by atoms with Crippen LogP contribution in [0.2, 0.25) is 0 Å². The molecule has 2 atom stereocenters. The summed E-state index contributed by atoms with van der Waals surface area (Å²) in [6, 6.07) is 5.80. The summed E-state index contributed by atoms with van der Waals surface area (Å²) >= 11 is 0. The van der Waals surface area contributed by atoms with Gasteiger partial charge in [0.1, 0.15) is 0 Å². The average Bonchev–Trinajstić information content (AvgIpc) is 3.38. The Balaban J connectivity index is 1.25. The van der Waals surface area contributed by atoms with Gasteiger partial charge in [-0.1, -0.05) is 13.8 Å². The molecular formula is C26H36N6O4. The zero-order chi connectivity index (χ0) is 25.4. The van der Waals surface area contributed by atoms with Crippen LogP contribution >= 0.6 is 0 Å². The molecule has 0 radical (unpaired) electrons. The molecule has 0 saturated carbocycles. The van der Waals surface area contributed by atoms with Crippen molar-refractivity contribution in [3.63, 3.8) is 0 Å². The Kier molecular flexibility index (Phi) is 7.21. The second kappa shape index (κ2) is 10.4. The maximum atomic E-state index is 13.2. The van der Waals surface area contributed by atoms with Crippen molar-refractivity contribution in [1.29, 1.82) is 0 Å². The molecule has 36 heavy (non-hydrogen) atoms. The smallest absolute Gasteiger partial charge is 0.251 e. The van der Waals surface area contributed by atoms with Crippen LogP contribution in [0.4, 0.5) is 11.4 Å². The summed E-state index contributed by atoms with van der Waals surface area (Å²) < 4.78 is 0. The van der Waals surface area contributed by atoms with Gasteiger partial charge in [-0.2, -0.15) is 0 Å². The first-order chi connectivity index (χ1) is 17.4. The van der Waals surface area contributed by atoms with Gasteiger partial charge in [0.2, 0.25) is 11.8 Å². The van der Waals surface area contributed by atoms with Crippen LogP contribution in [0.15, 0.2) is 24.3 Å². The first-order valence-electron chi connectivity index (χ1n) is 13.2. The van der Waals surface area contributed by atoms with Crippen LogP contribution in [-0.4, -0.2) is 121 Å². The Morgan fingerprint density at radius 3 is 1.22 bits per heavy atom. The van der Waals surface area contributed by atoms with Crippen molar-refractivity contribution in [2.45, 2.75) is 38.8 Å². The third-order valence-electron chi connectivity index (χ3n) is 8.20. The monoisotopic (exact) mass is 496 g/mol. The van der Waals surface area contributed by atoms with E-state index in [1.807, 2.05) is 0 Å². The van der Waals surface area contributed by atoms with Gasteiger partial charge in [0, 0.05) is 52.4 Å². The Bertz CT molecular complexity index is 933. The van der Waals surface area contributed by atoms with E-state index in [1.54, 1.807) is 24.3 Å². The predicted octanol–water partition coefficient (Wildman–Crippen LogP) is 0.225. The number of carbonyl (C=O) groups excluding carboxylic acids is 4. The lowest BCUT2D eigenvalue weighted by Crippen LogP contribution is -2.52. The molecule has 0 bridgehead atoms. The molecule has 0 aliphatic carbocycles. The van der Waals surface area contributed by atoms with E-state index >= 15 is 0 Å². The lowest BCUT2D eigenvalue weighted by Gasteiger charge is -2.36. The number of imide groups is 2. The molecule has 10 heteroatoms. The van der Waals surface area contributed by atoms with Crippen molar-refractivity contribution >= 4 is 35.0 Å². The topological polar surface area (TPSA) is 87.7 Å². The number of hydrogen-bond acceptors (Lipinski definition) is 8. The number of benzene rings is 1. The largest absolute Gasteiger partial charge is 0.301 e. The molecule has 0 spiro atoms. The van der Waals surface area contributed by atoms with E-state index in [-0.39, 0.29) is 36.5 Å². The highest BCUT2D eigenvalue weighted by molar-refractivity contribution is 6.24. The molecular weight excluding hydrogens is 460 g/mol. The van der Waals surface area contributed by atoms with E-state index in [0.29, 0.717) is 11.4 Å². The first kappa shape index (κ1) is 25.0. The van der Waals surface area contributed by atoms with Gasteiger partial charge < -0.3 is 9.80 Å². The zero-order valence-corrected chi connectivity index (χ0v) is 21.3. The minimum Gasteiger partial charge on any atom is -0.301 e. The summed E-state index contributed by atoms with van der Waals surface area (Å²) in [7, 11) is 0. The summed E-state index contributed by atoms with van der Waals surface area (Å²) in [4.78, 5) is 63.4. The quantitative estimate of drug-likeness (QED) is 0.517. The van der Waals surface area contributed by atoms with Gasteiger partial charge in [0.25, 0.3) is 11.8 Å². The highest BCUT2D eigenvalue weighted by Gasteiger charge is 2.45. The molecule has 0 aromatic heterocycles. The molecule has 5 rings (SSSR count). The van der Waals surface area contributed by atoms with Gasteiger partial charge >= 0.3 is 0 Å². The van der Waals surface area contributed by atoms with Gasteiger partial charge in [-0.15, -0.1) is 0 Å². The van der Waals surface area contributed by atoms with Crippen LogP contribution in [0.3, 0.4) is 0 Å². The second-order valence-electron chi connectivity index (χ2n) is 10.0. The summed E-state index contributed by atoms with van der Waals surface area (Å²) in [5.41, 5.74) is 0.963. The molecule has 4 amide bonds. The number of carbonyl (C=O) groups is 4. The molecule has 4 saturated heterocycles. The van der Waals surface area contributed by atoms with Crippen LogP contribution < -0.4 is 9.80 Å². The van der Waals surface area contributed by atoms with Gasteiger partial charge in [-0.3, -0.25) is 29.0 Å². The van der Waals surface area contributed by atoms with Crippen LogP contribution in [-0.2, 0) is 19.2 Å². The fourth-order valence-corrected chi connectivity index (χ4v) is 5.88. The fraction of sp³-hybridized carbons (Fsp3) is 0.615. The van der Waals surface area contributed by atoms with Gasteiger partial charge in [-0.05, 0) is 37.4 Å². The van der Waals surface area contributed by atoms with Crippen molar-refractivity contribution in [2.24, 2.45) is 0 Å². The van der Waals surface area contributed by atoms with E-state index in [0.717, 1.165) is 65.4 Å². The highest BCUT2D eigenvalue weighted by Crippen LogP contribution is 2.31. The summed E-state index contributed by atoms with van der Waals surface area (Å²) in [5.74, 6) is -0.819. The summed E-state index contributed by atoms with van der Waals surface area (Å²) in [6.07, 6.45) is 0.367. The minimum atomic E-state index is -0.424. The van der Waals surface area contributed by atoms with Crippen molar-refractivity contribution in [3.8, 4) is 0 Å². The lowest BCUT2D eigenvalue weighted by atomic mass is 10.1. The molecule has 194 valence electrons. The molecule has 1 aromatic carbocycles. The SMILES string of the molecule is CCN1CCN([C@H]2CC(=O)N(c3ccc(N4C(=O)C[C@H](N5CCN(CC)CC5)C4=O)cc3)C2=O)CC1. The van der Waals surface area contributed by atoms with E-state index in [1.165, 1.54) is 9.80 Å². The molecule has 4 aliphatic heterocycles. The number of amides is 4. The fourth-order valence-electron chi connectivity index (χ4n) is 5.88. The molecule has 1 aromatic rings. The summed E-state index contributed by atoms with van der Waals surface area (Å²) in [5, 5.41) is 0. The van der Waals surface area contributed by atoms with Gasteiger partial charge in [0.05, 0.1) is 36.3 Å². The van der Waals surface area contributed by atoms with Crippen LogP contribution in [0.25, 0.3) is 0 Å². The van der Waals surface area contributed by atoms with E-state index < -0.39 is 12.1 Å². The van der Waals surface area contributed by atoms with Crippen LogP contribution in [0.5, 0.6) is 0 Å². The van der Waals surface area contributed by atoms with E-state index in [4.69, 9.17) is 0 Å². The predicted molar refractivity (Wildman–Crippen MR) is 136 cm³/mol. The van der Waals surface area contributed by atoms with Gasteiger partial charge in [-0.25, -0.2) is 9.80 Å². The number of nitrogens with zero attached hydrogens (tertiary/aromatic N) is 6. The first-order valence-corrected chi connectivity index (χ1v) is 13.2. The second-order valence-corrected chi connectivity index (χ2v) is 10.0. The minimum absolute atomic E-state index is 0.183. The molecule has 4 fully saturated rings. The molecule has 4 aliphatic rings. The average molecular weight is 497 g/mol. The van der Waals surface area contributed by atoms with Crippen molar-refractivity contribution in [1.82, 2.24) is 19.6 Å². The van der Waals surface area contributed by atoms with Crippen LogP contribution in [0, 0.1) is 0 Å². The van der Waals surface area contributed by atoms with E-state index in [2.05, 4.69) is 33.4 Å². The Hall–Kier alpha value is -2.66. The highest BCUT2D eigenvalue weighted by atomic mass is 16.2. The number of likely N-dealkylation sites (N-methyl/N-ethyl adjacent to an activating group) is 2. The number of piperazine rings is 2. The zero-order valence-electron chi connectivity index (χ0n) is 21.3. The maximum Gasteiger partial charge on any atom is 0.251 e. The number of anilines is 2. The normalized spacial score (nSPS) is 27.6. The Labute approximate surface area is 212 Å². The number of rotatable bonds is 6. The summed E-state index contributed by atoms with van der Waals surface area (Å²) in [6.45, 7) is 12.9. The molecule has 0 unspecified atom stereocenters. The van der Waals surface area contributed by atoms with E-state index in [9.17, 15) is 19.2 Å². The third-order valence-corrected chi connectivity index (χ3v) is 8.20.